The number of carbonyl (C=O) groups is 2. The molecular weight excluding hydrogens is 271 g/mol. The number of thioether (sulfide) groups is 1. The summed E-state index contributed by atoms with van der Waals surface area (Å²) in [5.41, 5.74) is 0. The molecule has 0 aromatic carbocycles. The van der Waals surface area contributed by atoms with Crippen molar-refractivity contribution in [3.63, 3.8) is 0 Å². The lowest BCUT2D eigenvalue weighted by atomic mass is 10.2. The fraction of sp³-hybridized carbons (Fsp3) is 0.800. The van der Waals surface area contributed by atoms with Crippen molar-refractivity contribution < 1.29 is 27.9 Å². The van der Waals surface area contributed by atoms with Gasteiger partial charge in [-0.1, -0.05) is 13.8 Å². The number of hydrogen-bond donors (Lipinski definition) is 1. The van der Waals surface area contributed by atoms with Gasteiger partial charge in [-0.2, -0.15) is 13.2 Å². The summed E-state index contributed by atoms with van der Waals surface area (Å²) in [6.07, 6.45) is -4.44. The summed E-state index contributed by atoms with van der Waals surface area (Å²) >= 11 is 0.793. The van der Waals surface area contributed by atoms with Crippen molar-refractivity contribution in [2.75, 3.05) is 24.6 Å². The lowest BCUT2D eigenvalue weighted by Gasteiger charge is -2.25. The minimum atomic E-state index is -4.44. The molecule has 0 fully saturated rings. The Balaban J connectivity index is 4.36. The minimum Gasteiger partial charge on any atom is -0.481 e. The molecule has 0 radical (unpaired) electrons. The van der Waals surface area contributed by atoms with Gasteiger partial charge in [0.1, 0.15) is 6.54 Å². The summed E-state index contributed by atoms with van der Waals surface area (Å²) < 4.78 is 36.8. The highest BCUT2D eigenvalue weighted by Crippen LogP contribution is 2.18. The van der Waals surface area contributed by atoms with E-state index in [2.05, 4.69) is 0 Å². The first-order chi connectivity index (χ1) is 8.11. The van der Waals surface area contributed by atoms with Crippen LogP contribution < -0.4 is 0 Å². The van der Waals surface area contributed by atoms with Crippen LogP contribution in [0.1, 0.15) is 13.8 Å². The Morgan fingerprint density at radius 2 is 1.83 bits per heavy atom. The van der Waals surface area contributed by atoms with Crippen LogP contribution in [0.5, 0.6) is 0 Å². The van der Waals surface area contributed by atoms with Crippen LogP contribution in [-0.2, 0) is 9.59 Å². The van der Waals surface area contributed by atoms with Crippen molar-refractivity contribution >= 4 is 23.6 Å². The Morgan fingerprint density at radius 3 is 2.22 bits per heavy atom. The lowest BCUT2D eigenvalue weighted by Crippen LogP contribution is -2.42. The third-order valence-electron chi connectivity index (χ3n) is 1.76. The van der Waals surface area contributed by atoms with Crippen molar-refractivity contribution in [3.8, 4) is 0 Å². The molecular formula is C10H16F3NO3S. The van der Waals surface area contributed by atoms with Crippen LogP contribution in [0, 0.1) is 5.92 Å². The number of rotatable bonds is 7. The summed E-state index contributed by atoms with van der Waals surface area (Å²) in [5, 5.41) is 8.37. The smallest absolute Gasteiger partial charge is 0.406 e. The second-order valence-corrected chi connectivity index (χ2v) is 5.16. The minimum absolute atomic E-state index is 0.00593. The van der Waals surface area contributed by atoms with E-state index in [9.17, 15) is 22.8 Å². The van der Waals surface area contributed by atoms with E-state index in [0.717, 1.165) is 16.7 Å². The highest BCUT2D eigenvalue weighted by molar-refractivity contribution is 8.00. The first kappa shape index (κ1) is 17.1. The zero-order valence-electron chi connectivity index (χ0n) is 10.2. The van der Waals surface area contributed by atoms with Crippen molar-refractivity contribution in [1.29, 1.82) is 0 Å². The molecule has 0 aliphatic carbocycles. The molecule has 0 unspecified atom stereocenters. The molecule has 1 N–H and O–H groups in total. The fourth-order valence-corrected chi connectivity index (χ4v) is 1.86. The maximum atomic E-state index is 12.3. The number of alkyl halides is 3. The van der Waals surface area contributed by atoms with Crippen molar-refractivity contribution in [2.24, 2.45) is 5.92 Å². The normalized spacial score (nSPS) is 11.7. The van der Waals surface area contributed by atoms with Gasteiger partial charge in [0, 0.05) is 6.54 Å². The molecule has 4 nitrogen and oxygen atoms in total. The standard InChI is InChI=1S/C10H16F3NO3S/c1-7(2)3-14(6-10(11,12)13)8(15)4-18-5-9(16)17/h7H,3-6H2,1-2H3,(H,16,17). The van der Waals surface area contributed by atoms with Crippen LogP contribution in [0.25, 0.3) is 0 Å². The summed E-state index contributed by atoms with van der Waals surface area (Å²) in [6.45, 7) is 2.13. The average molecular weight is 287 g/mol. The molecule has 0 saturated heterocycles. The van der Waals surface area contributed by atoms with Crippen LogP contribution in [0.2, 0.25) is 0 Å². The summed E-state index contributed by atoms with van der Waals surface area (Å²) in [4.78, 5) is 22.5. The van der Waals surface area contributed by atoms with Crippen LogP contribution in [0.15, 0.2) is 0 Å². The molecule has 106 valence electrons. The Kier molecular flexibility index (Phi) is 7.12. The van der Waals surface area contributed by atoms with E-state index in [-0.39, 0.29) is 24.0 Å². The van der Waals surface area contributed by atoms with Gasteiger partial charge in [0.15, 0.2) is 0 Å². The van der Waals surface area contributed by atoms with Gasteiger partial charge in [0.25, 0.3) is 0 Å². The van der Waals surface area contributed by atoms with Gasteiger partial charge in [-0.25, -0.2) is 0 Å². The molecule has 0 spiro atoms. The van der Waals surface area contributed by atoms with Crippen molar-refractivity contribution in [1.82, 2.24) is 4.90 Å². The zero-order chi connectivity index (χ0) is 14.3. The predicted molar refractivity (Wildman–Crippen MR) is 62.4 cm³/mol. The largest absolute Gasteiger partial charge is 0.481 e. The summed E-state index contributed by atoms with van der Waals surface area (Å²) in [5.74, 6) is -2.42. The van der Waals surface area contributed by atoms with Crippen LogP contribution in [0.4, 0.5) is 13.2 Å². The lowest BCUT2D eigenvalue weighted by molar-refractivity contribution is -0.160. The average Bonchev–Trinajstić information content (AvgIpc) is 2.12. The van der Waals surface area contributed by atoms with Crippen molar-refractivity contribution in [2.45, 2.75) is 20.0 Å². The number of nitrogens with zero attached hydrogens (tertiary/aromatic N) is 1. The molecule has 0 aromatic heterocycles. The van der Waals surface area contributed by atoms with Gasteiger partial charge in [0.05, 0.1) is 11.5 Å². The molecule has 0 rings (SSSR count). The summed E-state index contributed by atoms with van der Waals surface area (Å²) in [7, 11) is 0. The maximum Gasteiger partial charge on any atom is 0.406 e. The molecule has 0 aliphatic heterocycles. The molecule has 0 aliphatic rings. The zero-order valence-corrected chi connectivity index (χ0v) is 11.0. The van der Waals surface area contributed by atoms with Gasteiger partial charge in [-0.15, -0.1) is 11.8 Å². The fourth-order valence-electron chi connectivity index (χ4n) is 1.23. The van der Waals surface area contributed by atoms with Crippen LogP contribution in [-0.4, -0.2) is 52.7 Å². The highest BCUT2D eigenvalue weighted by Gasteiger charge is 2.33. The first-order valence-corrected chi connectivity index (χ1v) is 6.41. The first-order valence-electron chi connectivity index (χ1n) is 5.26. The number of amides is 1. The molecule has 8 heteroatoms. The van der Waals surface area contributed by atoms with Gasteiger partial charge in [0.2, 0.25) is 5.91 Å². The van der Waals surface area contributed by atoms with E-state index >= 15 is 0 Å². The Hall–Kier alpha value is -0.920. The second kappa shape index (κ2) is 7.50. The number of carbonyl (C=O) groups excluding carboxylic acids is 1. The maximum absolute atomic E-state index is 12.3. The predicted octanol–water partition coefficient (Wildman–Crippen LogP) is 1.85. The number of halogens is 3. The second-order valence-electron chi connectivity index (χ2n) is 4.17. The number of carboxylic acid groups (broad SMARTS) is 1. The van der Waals surface area contributed by atoms with Crippen LogP contribution >= 0.6 is 11.8 Å². The number of carboxylic acids is 1. The Morgan fingerprint density at radius 1 is 1.28 bits per heavy atom. The molecule has 0 heterocycles. The van der Waals surface area contributed by atoms with E-state index in [0.29, 0.717) is 0 Å². The van der Waals surface area contributed by atoms with Gasteiger partial charge < -0.3 is 10.0 Å². The van der Waals surface area contributed by atoms with E-state index in [1.807, 2.05) is 0 Å². The highest BCUT2D eigenvalue weighted by atomic mass is 32.2. The molecule has 0 saturated carbocycles. The third-order valence-corrected chi connectivity index (χ3v) is 2.66. The van der Waals surface area contributed by atoms with E-state index in [4.69, 9.17) is 5.11 Å². The quantitative estimate of drug-likeness (QED) is 0.776. The van der Waals surface area contributed by atoms with E-state index < -0.39 is 24.6 Å². The van der Waals surface area contributed by atoms with Crippen LogP contribution in [0.3, 0.4) is 0 Å². The third kappa shape index (κ3) is 9.15. The molecule has 18 heavy (non-hydrogen) atoms. The summed E-state index contributed by atoms with van der Waals surface area (Å²) in [6, 6.07) is 0. The SMILES string of the molecule is CC(C)CN(CC(F)(F)F)C(=O)CSCC(=O)O. The number of hydrogen-bond acceptors (Lipinski definition) is 3. The van der Waals surface area contributed by atoms with Crippen molar-refractivity contribution in [3.05, 3.63) is 0 Å². The Bertz CT molecular complexity index is 295. The number of aliphatic carboxylic acids is 1. The molecule has 1 amide bonds. The van der Waals surface area contributed by atoms with Gasteiger partial charge >= 0.3 is 12.1 Å². The molecule has 0 bridgehead atoms. The van der Waals surface area contributed by atoms with E-state index in [1.165, 1.54) is 0 Å². The molecule has 0 atom stereocenters. The topological polar surface area (TPSA) is 57.6 Å². The van der Waals surface area contributed by atoms with Gasteiger partial charge in [-0.3, -0.25) is 9.59 Å². The van der Waals surface area contributed by atoms with Gasteiger partial charge in [-0.05, 0) is 5.92 Å². The molecule has 0 aromatic rings. The Labute approximate surface area is 108 Å². The monoisotopic (exact) mass is 287 g/mol. The van der Waals surface area contributed by atoms with E-state index in [1.54, 1.807) is 13.8 Å².